The number of hydrogen-bond acceptors (Lipinski definition) is 13. The summed E-state index contributed by atoms with van der Waals surface area (Å²) in [6.07, 6.45) is 0.842. The van der Waals surface area contributed by atoms with Gasteiger partial charge in [-0.2, -0.15) is 0 Å². The molecule has 0 bridgehead atoms. The zero-order valence-electron chi connectivity index (χ0n) is 38.1. The number of benzene rings is 2. The van der Waals surface area contributed by atoms with E-state index in [-0.39, 0.29) is 37.4 Å². The lowest BCUT2D eigenvalue weighted by Gasteiger charge is -2.48. The number of fused-ring (bicyclic) bond motifs is 2. The van der Waals surface area contributed by atoms with Gasteiger partial charge in [-0.15, -0.1) is 0 Å². The second-order valence-corrected chi connectivity index (χ2v) is 18.1. The van der Waals surface area contributed by atoms with Gasteiger partial charge in [-0.3, -0.25) is 19.4 Å². The number of Topliss-reactive ketones (excluding diaryl/α,β-unsaturated/α-hetero) is 2. The first-order valence-corrected chi connectivity index (χ1v) is 22.0. The monoisotopic (exact) mass is 869 g/mol. The van der Waals surface area contributed by atoms with Crippen molar-refractivity contribution in [1.29, 1.82) is 0 Å². The quantitative estimate of drug-likeness (QED) is 0.126. The van der Waals surface area contributed by atoms with Crippen molar-refractivity contribution in [1.82, 2.24) is 15.2 Å². The molecular weight excluding hydrogens is 807 g/mol. The molecule has 1 unspecified atom stereocenters. The Morgan fingerprint density at radius 2 is 1.65 bits per heavy atom. The van der Waals surface area contributed by atoms with Crippen LogP contribution >= 0.6 is 0 Å². The van der Waals surface area contributed by atoms with Crippen LogP contribution in [0.3, 0.4) is 0 Å². The maximum absolute atomic E-state index is 14.8. The van der Waals surface area contributed by atoms with Crippen molar-refractivity contribution in [2.75, 3.05) is 20.7 Å². The Bertz CT molecular complexity index is 2160. The highest BCUT2D eigenvalue weighted by atomic mass is 16.7. The molecule has 14 nitrogen and oxygen atoms in total. The van der Waals surface area contributed by atoms with Crippen LogP contribution in [0.1, 0.15) is 90.6 Å². The average Bonchev–Trinajstić information content (AvgIpc) is 3.58. The van der Waals surface area contributed by atoms with E-state index >= 15 is 0 Å². The number of hydrogen-bond donors (Lipinski definition) is 1. The van der Waals surface area contributed by atoms with Gasteiger partial charge in [0.05, 0.1) is 47.6 Å². The predicted molar refractivity (Wildman–Crippen MR) is 235 cm³/mol. The Hall–Kier alpha value is -5.02. The molecule has 13 atom stereocenters. The molecule has 6 rings (SSSR count). The summed E-state index contributed by atoms with van der Waals surface area (Å²) in [4.78, 5) is 76.6. The maximum atomic E-state index is 14.8. The number of nitrogens with one attached hydrogen (secondary N) is 1. The number of carbonyl (C=O) groups is 5. The fourth-order valence-corrected chi connectivity index (χ4v) is 9.61. The molecule has 0 radical (unpaired) electrons. The van der Waals surface area contributed by atoms with Gasteiger partial charge in [-0.25, -0.2) is 9.59 Å². The highest BCUT2D eigenvalue weighted by Gasteiger charge is 2.57. The lowest BCUT2D eigenvalue weighted by molar-refractivity contribution is -0.296. The molecular formula is C49H63N3O11. The minimum absolute atomic E-state index is 0.0234. The summed E-state index contributed by atoms with van der Waals surface area (Å²) in [6.45, 7) is 13.8. The molecule has 0 spiro atoms. The third-order valence-corrected chi connectivity index (χ3v) is 13.1. The molecule has 1 amide bonds. The summed E-state index contributed by atoms with van der Waals surface area (Å²) in [5.41, 5.74) is -0.798. The van der Waals surface area contributed by atoms with Crippen LogP contribution in [-0.4, -0.2) is 114 Å². The first kappa shape index (κ1) is 47.5. The minimum Gasteiger partial charge on any atom is -0.458 e. The lowest BCUT2D eigenvalue weighted by atomic mass is 9.73. The fourth-order valence-electron chi connectivity index (χ4n) is 9.61. The van der Waals surface area contributed by atoms with Crippen molar-refractivity contribution >= 4 is 46.6 Å². The highest BCUT2D eigenvalue weighted by Crippen LogP contribution is 2.41. The average molecular weight is 870 g/mol. The molecule has 3 aliphatic rings. The number of pyridine rings is 1. The van der Waals surface area contributed by atoms with Crippen LogP contribution in [0, 0.1) is 23.7 Å². The number of alkyl carbamates (subject to hydrolysis) is 1. The van der Waals surface area contributed by atoms with Crippen LogP contribution in [-0.2, 0) is 42.8 Å². The fraction of sp³-hybridized carbons (Fsp3) is 0.551. The number of cyclic esters (lactones) is 1. The van der Waals surface area contributed by atoms with E-state index in [9.17, 15) is 24.0 Å². The summed E-state index contributed by atoms with van der Waals surface area (Å²) in [5, 5.41) is 3.78. The standard InChI is InChI=1S/C49H63N3O11/c1-11-38-49(8)42(51-47(57)63-49)30(4)39(53)28(2)26-48(7,58-23-17-18-33-25-35-21-15-16-22-36(35)50-27-33)43(31(5)40(54)32(6)44(55)60-38)62-46-41(37(52(9)10)24-29(3)59-46)61-45(56)34-19-13-12-14-20-34/h12-22,25,27-32,37-38,41-43,46H,11,23-24,26H2,1-10H3,(H,51,57)/b18-17+/t28-,29-,30+,31+,32-,37+,38?,41-,42-,43-,46+,48-,49-/m1/s1. The molecule has 1 N–H and O–H groups in total. The summed E-state index contributed by atoms with van der Waals surface area (Å²) in [7, 11) is 3.77. The number of aromatic nitrogens is 1. The highest BCUT2D eigenvalue weighted by molar-refractivity contribution is 6.00. The van der Waals surface area contributed by atoms with Crippen molar-refractivity contribution < 1.29 is 52.4 Å². The Morgan fingerprint density at radius 3 is 2.35 bits per heavy atom. The van der Waals surface area contributed by atoms with Crippen LogP contribution in [0.5, 0.6) is 0 Å². The van der Waals surface area contributed by atoms with Crippen molar-refractivity contribution in [2.24, 2.45) is 23.7 Å². The van der Waals surface area contributed by atoms with Crippen molar-refractivity contribution in [3.05, 3.63) is 84.1 Å². The minimum atomic E-state index is -1.43. The molecule has 63 heavy (non-hydrogen) atoms. The van der Waals surface area contributed by atoms with E-state index in [4.69, 9.17) is 28.4 Å². The van der Waals surface area contributed by atoms with Gasteiger partial charge < -0.3 is 38.6 Å². The maximum Gasteiger partial charge on any atom is 0.408 e. The topological polar surface area (TPSA) is 169 Å². The van der Waals surface area contributed by atoms with Crippen LogP contribution in [0.4, 0.5) is 4.79 Å². The Morgan fingerprint density at radius 1 is 0.952 bits per heavy atom. The first-order valence-electron chi connectivity index (χ1n) is 22.0. The Kier molecular flexibility index (Phi) is 14.9. The summed E-state index contributed by atoms with van der Waals surface area (Å²) in [6, 6.07) is 17.2. The summed E-state index contributed by atoms with van der Waals surface area (Å²) < 4.78 is 38.5. The zero-order chi connectivity index (χ0) is 45.8. The number of esters is 2. The van der Waals surface area contributed by atoms with E-state index in [2.05, 4.69) is 10.3 Å². The van der Waals surface area contributed by atoms with Gasteiger partial charge in [0.2, 0.25) is 0 Å². The van der Waals surface area contributed by atoms with E-state index in [1.165, 1.54) is 6.92 Å². The van der Waals surface area contributed by atoms with Gasteiger partial charge in [0.1, 0.15) is 17.8 Å². The van der Waals surface area contributed by atoms with Crippen molar-refractivity contribution in [3.63, 3.8) is 0 Å². The van der Waals surface area contributed by atoms with Gasteiger partial charge in [-0.05, 0) is 90.9 Å². The van der Waals surface area contributed by atoms with Crippen molar-refractivity contribution in [2.45, 2.75) is 129 Å². The third kappa shape index (κ3) is 10.4. The van der Waals surface area contributed by atoms with E-state index in [1.807, 2.05) is 68.4 Å². The Labute approximate surface area is 370 Å². The zero-order valence-corrected chi connectivity index (χ0v) is 38.1. The number of likely N-dealkylation sites (N-methyl/N-ethyl adjacent to an activating group) is 1. The summed E-state index contributed by atoms with van der Waals surface area (Å²) >= 11 is 0. The lowest BCUT2D eigenvalue weighted by Crippen LogP contribution is -2.61. The number of carbonyl (C=O) groups excluding carboxylic acids is 5. The molecule has 3 fully saturated rings. The number of para-hydroxylation sites is 1. The Balaban J connectivity index is 1.43. The molecule has 4 heterocycles. The first-order chi connectivity index (χ1) is 29.9. The van der Waals surface area contributed by atoms with Crippen molar-refractivity contribution in [3.8, 4) is 0 Å². The number of rotatable bonds is 10. The van der Waals surface area contributed by atoms with Gasteiger partial charge in [0.25, 0.3) is 0 Å². The van der Waals surface area contributed by atoms with E-state index in [0.717, 1.165) is 16.5 Å². The van der Waals surface area contributed by atoms with Crippen LogP contribution < -0.4 is 5.32 Å². The molecule has 0 aliphatic carbocycles. The molecule has 3 aromatic rings. The largest absolute Gasteiger partial charge is 0.458 e. The van der Waals surface area contributed by atoms with Crippen LogP contribution in [0.2, 0.25) is 0 Å². The number of ketones is 2. The smallest absolute Gasteiger partial charge is 0.408 e. The van der Waals surface area contributed by atoms with Crippen LogP contribution in [0.25, 0.3) is 17.0 Å². The molecule has 0 saturated carbocycles. The second kappa shape index (κ2) is 19.8. The number of amides is 1. The van der Waals surface area contributed by atoms with Gasteiger partial charge in [0, 0.05) is 29.3 Å². The van der Waals surface area contributed by atoms with Crippen LogP contribution in [0.15, 0.2) is 72.9 Å². The molecule has 3 aliphatic heterocycles. The third-order valence-electron chi connectivity index (χ3n) is 13.1. The van der Waals surface area contributed by atoms with Gasteiger partial charge in [0.15, 0.2) is 23.8 Å². The van der Waals surface area contributed by atoms with E-state index < -0.39 is 89.3 Å². The van der Waals surface area contributed by atoms with E-state index in [1.54, 1.807) is 78.1 Å². The predicted octanol–water partition coefficient (Wildman–Crippen LogP) is 6.97. The SMILES string of the molecule is CCC1OC(=O)[C@H](C)C(=O)[C@H](C)[C@@H](O[C@@H]2O[C@H](C)C[C@H](N(C)C)[C@H]2OC(=O)c2ccccc2)[C@](C)(OC/C=C/c2cnc3ccccc3c2)C[C@@H](C)C(=O)[C@H](C)[C@H]2NC(=O)O[C@]12C. The summed E-state index contributed by atoms with van der Waals surface area (Å²) in [5.74, 6) is -5.97. The van der Waals surface area contributed by atoms with Gasteiger partial charge in [-0.1, -0.05) is 76.2 Å². The second-order valence-electron chi connectivity index (χ2n) is 18.1. The molecule has 1 aromatic heterocycles. The molecule has 3 saturated heterocycles. The number of nitrogens with zero attached hydrogens (tertiary/aromatic N) is 2. The number of ether oxygens (including phenoxy) is 6. The molecule has 14 heteroatoms. The van der Waals surface area contributed by atoms with Gasteiger partial charge >= 0.3 is 18.0 Å². The molecule has 2 aromatic carbocycles. The normalized spacial score (nSPS) is 34.6. The molecule has 340 valence electrons. The van der Waals surface area contributed by atoms with E-state index in [0.29, 0.717) is 12.0 Å².